The van der Waals surface area contributed by atoms with Crippen LogP contribution in [0.15, 0.2) is 29.3 Å². The van der Waals surface area contributed by atoms with Crippen molar-refractivity contribution >= 4 is 41.5 Å². The highest BCUT2D eigenvalue weighted by molar-refractivity contribution is 14.0. The van der Waals surface area contributed by atoms with Crippen molar-refractivity contribution in [2.45, 2.75) is 26.3 Å². The van der Waals surface area contributed by atoms with E-state index in [1.165, 1.54) is 0 Å². The first-order valence-corrected chi connectivity index (χ1v) is 8.15. The Balaban J connectivity index is 0.00000288. The number of halogens is 1. The average Bonchev–Trinajstić information content (AvgIpc) is 2.99. The van der Waals surface area contributed by atoms with Gasteiger partial charge in [0.25, 0.3) is 0 Å². The number of nitrogens with one attached hydrogen (secondary N) is 2. The minimum absolute atomic E-state index is 0. The second-order valence-corrected chi connectivity index (χ2v) is 5.43. The summed E-state index contributed by atoms with van der Waals surface area (Å²) in [6.45, 7) is 5.63. The summed E-state index contributed by atoms with van der Waals surface area (Å²) in [5.74, 6) is 0.996. The van der Waals surface area contributed by atoms with Gasteiger partial charge in [0.15, 0.2) is 5.96 Å². The fourth-order valence-corrected chi connectivity index (χ4v) is 2.49. The van der Waals surface area contributed by atoms with E-state index in [0.717, 1.165) is 43.3 Å². The number of guanidine groups is 1. The Morgan fingerprint density at radius 3 is 2.62 bits per heavy atom. The fraction of sp³-hybridized carbons (Fsp3) is 0.529. The first-order valence-electron chi connectivity index (χ1n) is 8.15. The summed E-state index contributed by atoms with van der Waals surface area (Å²) >= 11 is 0. The third kappa shape index (κ3) is 6.27. The van der Waals surface area contributed by atoms with Gasteiger partial charge in [-0.25, -0.2) is 4.99 Å². The van der Waals surface area contributed by atoms with E-state index < -0.39 is 0 Å². The molecule has 0 atom stereocenters. The first kappa shape index (κ1) is 20.7. The molecule has 6 nitrogen and oxygen atoms in total. The maximum Gasteiger partial charge on any atom is 0.227 e. The predicted molar refractivity (Wildman–Crippen MR) is 108 cm³/mol. The van der Waals surface area contributed by atoms with Gasteiger partial charge in [0.05, 0.1) is 13.2 Å². The molecule has 134 valence electrons. The minimum atomic E-state index is 0. The number of nitrogens with zero attached hydrogens (tertiary/aromatic N) is 2. The third-order valence-corrected chi connectivity index (χ3v) is 3.68. The molecule has 0 aliphatic carbocycles. The molecule has 1 aliphatic rings. The summed E-state index contributed by atoms with van der Waals surface area (Å²) in [5, 5.41) is 6.42. The number of aliphatic imine (C=N–C) groups is 1. The molecule has 1 amide bonds. The summed E-state index contributed by atoms with van der Waals surface area (Å²) in [4.78, 5) is 18.2. The Hall–Kier alpha value is -1.35. The monoisotopic (exact) mass is 446 g/mol. The van der Waals surface area contributed by atoms with Crippen molar-refractivity contribution in [2.75, 3.05) is 38.3 Å². The lowest BCUT2D eigenvalue weighted by Gasteiger charge is -2.15. The maximum absolute atomic E-state index is 11.7. The SMILES string of the molecule is CCNC(=NCc1ccc(N2CCCC2=O)cc1)NCCOC.I. The summed E-state index contributed by atoms with van der Waals surface area (Å²) in [7, 11) is 1.68. The first-order chi connectivity index (χ1) is 11.2. The quantitative estimate of drug-likeness (QED) is 0.292. The molecule has 0 bridgehead atoms. The van der Waals surface area contributed by atoms with Crippen LogP contribution in [0.1, 0.15) is 25.3 Å². The topological polar surface area (TPSA) is 66.0 Å². The van der Waals surface area contributed by atoms with Gasteiger partial charge >= 0.3 is 0 Å². The Morgan fingerprint density at radius 2 is 2.04 bits per heavy atom. The Labute approximate surface area is 161 Å². The van der Waals surface area contributed by atoms with Gasteiger partial charge in [-0.2, -0.15) is 0 Å². The number of hydrogen-bond donors (Lipinski definition) is 2. The van der Waals surface area contributed by atoms with Crippen molar-refractivity contribution in [1.29, 1.82) is 0 Å². The molecular weight excluding hydrogens is 419 g/mol. The number of anilines is 1. The molecule has 2 rings (SSSR count). The molecule has 0 spiro atoms. The number of ether oxygens (including phenoxy) is 1. The zero-order valence-electron chi connectivity index (χ0n) is 14.4. The lowest BCUT2D eigenvalue weighted by Crippen LogP contribution is -2.38. The molecule has 24 heavy (non-hydrogen) atoms. The highest BCUT2D eigenvalue weighted by Crippen LogP contribution is 2.21. The van der Waals surface area contributed by atoms with Gasteiger partial charge in [0.1, 0.15) is 0 Å². The van der Waals surface area contributed by atoms with Crippen molar-refractivity contribution in [2.24, 2.45) is 4.99 Å². The second-order valence-electron chi connectivity index (χ2n) is 5.43. The molecular formula is C17H27IN4O2. The van der Waals surface area contributed by atoms with E-state index in [1.54, 1.807) is 7.11 Å². The molecule has 1 heterocycles. The van der Waals surface area contributed by atoms with E-state index in [4.69, 9.17) is 4.74 Å². The number of hydrogen-bond acceptors (Lipinski definition) is 3. The van der Waals surface area contributed by atoms with E-state index in [1.807, 2.05) is 36.1 Å². The Morgan fingerprint density at radius 1 is 1.29 bits per heavy atom. The molecule has 0 aromatic heterocycles. The van der Waals surface area contributed by atoms with E-state index in [9.17, 15) is 4.79 Å². The number of carbonyl (C=O) groups excluding carboxylic acids is 1. The van der Waals surface area contributed by atoms with E-state index >= 15 is 0 Å². The van der Waals surface area contributed by atoms with Gasteiger partial charge in [-0.05, 0) is 31.0 Å². The number of benzene rings is 1. The van der Waals surface area contributed by atoms with Crippen LogP contribution in [0.5, 0.6) is 0 Å². The van der Waals surface area contributed by atoms with Gasteiger partial charge < -0.3 is 20.3 Å². The molecule has 0 unspecified atom stereocenters. The van der Waals surface area contributed by atoms with Gasteiger partial charge in [-0.1, -0.05) is 12.1 Å². The Bertz CT molecular complexity index is 534. The van der Waals surface area contributed by atoms with Crippen LogP contribution in [-0.2, 0) is 16.1 Å². The van der Waals surface area contributed by atoms with Crippen molar-refractivity contribution < 1.29 is 9.53 Å². The molecule has 1 saturated heterocycles. The molecule has 1 aromatic rings. The van der Waals surface area contributed by atoms with Crippen LogP contribution in [0, 0.1) is 0 Å². The minimum Gasteiger partial charge on any atom is -0.383 e. The van der Waals surface area contributed by atoms with Crippen molar-refractivity contribution in [3.05, 3.63) is 29.8 Å². The Kier molecular flexibility index (Phi) is 9.70. The molecule has 2 N–H and O–H groups in total. The number of carbonyl (C=O) groups is 1. The van der Waals surface area contributed by atoms with Gasteiger partial charge in [0.2, 0.25) is 5.91 Å². The smallest absolute Gasteiger partial charge is 0.227 e. The van der Waals surface area contributed by atoms with Gasteiger partial charge in [-0.3, -0.25) is 4.79 Å². The lowest BCUT2D eigenvalue weighted by molar-refractivity contribution is -0.117. The number of rotatable bonds is 7. The van der Waals surface area contributed by atoms with Crippen LogP contribution >= 0.6 is 24.0 Å². The van der Waals surface area contributed by atoms with E-state index in [0.29, 0.717) is 19.6 Å². The number of methoxy groups -OCH3 is 1. The fourth-order valence-electron chi connectivity index (χ4n) is 2.49. The molecule has 1 aliphatic heterocycles. The zero-order valence-corrected chi connectivity index (χ0v) is 16.7. The van der Waals surface area contributed by atoms with Gasteiger partial charge in [-0.15, -0.1) is 24.0 Å². The van der Waals surface area contributed by atoms with Crippen molar-refractivity contribution in [3.63, 3.8) is 0 Å². The van der Waals surface area contributed by atoms with Crippen molar-refractivity contribution in [1.82, 2.24) is 10.6 Å². The van der Waals surface area contributed by atoms with E-state index in [2.05, 4.69) is 15.6 Å². The molecule has 0 radical (unpaired) electrons. The number of amides is 1. The van der Waals surface area contributed by atoms with Crippen LogP contribution < -0.4 is 15.5 Å². The summed E-state index contributed by atoms with van der Waals surface area (Å²) in [6.07, 6.45) is 1.61. The average molecular weight is 446 g/mol. The normalized spacial score (nSPS) is 14.5. The van der Waals surface area contributed by atoms with Crippen LogP contribution in [0.4, 0.5) is 5.69 Å². The highest BCUT2D eigenvalue weighted by atomic mass is 127. The summed E-state index contributed by atoms with van der Waals surface area (Å²) in [5.41, 5.74) is 2.09. The predicted octanol–water partition coefficient (Wildman–Crippen LogP) is 2.13. The highest BCUT2D eigenvalue weighted by Gasteiger charge is 2.21. The van der Waals surface area contributed by atoms with Crippen molar-refractivity contribution in [3.8, 4) is 0 Å². The largest absolute Gasteiger partial charge is 0.383 e. The summed E-state index contributed by atoms with van der Waals surface area (Å²) in [6, 6.07) is 8.06. The molecule has 7 heteroatoms. The lowest BCUT2D eigenvalue weighted by atomic mass is 10.2. The zero-order chi connectivity index (χ0) is 16.5. The van der Waals surface area contributed by atoms with Crippen LogP contribution in [0.3, 0.4) is 0 Å². The van der Waals surface area contributed by atoms with Crippen LogP contribution in [0.2, 0.25) is 0 Å². The molecule has 0 saturated carbocycles. The van der Waals surface area contributed by atoms with Gasteiger partial charge in [0, 0.05) is 38.9 Å². The second kappa shape index (κ2) is 11.2. The molecule has 1 aromatic carbocycles. The van der Waals surface area contributed by atoms with E-state index in [-0.39, 0.29) is 29.9 Å². The van der Waals surface area contributed by atoms with Crippen LogP contribution in [0.25, 0.3) is 0 Å². The third-order valence-electron chi connectivity index (χ3n) is 3.68. The summed E-state index contributed by atoms with van der Waals surface area (Å²) < 4.78 is 5.03. The standard InChI is InChI=1S/C17H26N4O2.HI/c1-3-18-17(19-10-12-23-2)20-13-14-6-8-15(9-7-14)21-11-4-5-16(21)22;/h6-9H,3-5,10-13H2,1-2H3,(H2,18,19,20);1H. The van der Waals surface area contributed by atoms with Crippen LogP contribution in [-0.4, -0.2) is 45.2 Å². The maximum atomic E-state index is 11.7. The molecule has 1 fully saturated rings.